The van der Waals surface area contributed by atoms with E-state index in [1.165, 1.54) is 38.6 Å². The summed E-state index contributed by atoms with van der Waals surface area (Å²) >= 11 is 0. The van der Waals surface area contributed by atoms with Gasteiger partial charge in [0.25, 0.3) is 0 Å². The van der Waals surface area contributed by atoms with Crippen LogP contribution in [-0.4, -0.2) is 4.57 Å². The van der Waals surface area contributed by atoms with Gasteiger partial charge in [0.05, 0.1) is 11.0 Å². The molecule has 0 saturated carbocycles. The Morgan fingerprint density at radius 2 is 1.48 bits per heavy atom. The van der Waals surface area contributed by atoms with Crippen molar-refractivity contribution in [3.8, 4) is 5.69 Å². The van der Waals surface area contributed by atoms with E-state index < -0.39 is 0 Å². The van der Waals surface area contributed by atoms with Gasteiger partial charge in [-0.25, -0.2) is 0 Å². The molecule has 0 aliphatic rings. The van der Waals surface area contributed by atoms with Crippen molar-refractivity contribution in [3.05, 3.63) is 121 Å². The first-order valence-corrected chi connectivity index (χ1v) is 9.88. The summed E-state index contributed by atoms with van der Waals surface area (Å²) in [7, 11) is 0. The van der Waals surface area contributed by atoms with E-state index in [0.717, 1.165) is 11.1 Å². The average Bonchev–Trinajstić information content (AvgIpc) is 3.08. The maximum absolute atomic E-state index is 4.17. The van der Waals surface area contributed by atoms with Crippen LogP contribution in [0, 0.1) is 0 Å². The third-order valence-corrected chi connectivity index (χ3v) is 5.31. The van der Waals surface area contributed by atoms with Crippen LogP contribution in [0.4, 0.5) is 0 Å². The van der Waals surface area contributed by atoms with Crippen LogP contribution in [-0.2, 0) is 0 Å². The Hall–Kier alpha value is -3.58. The number of aromatic nitrogens is 1. The van der Waals surface area contributed by atoms with Crippen molar-refractivity contribution in [3.63, 3.8) is 0 Å². The summed E-state index contributed by atoms with van der Waals surface area (Å²) in [6.45, 7) is 12.4. The molecule has 1 aromatic heterocycles. The Morgan fingerprint density at radius 1 is 0.793 bits per heavy atom. The minimum Gasteiger partial charge on any atom is -0.309 e. The van der Waals surface area contributed by atoms with Crippen LogP contribution in [0.5, 0.6) is 0 Å². The Kier molecular flexibility index (Phi) is 5.05. The molecule has 0 N–H and O–H groups in total. The van der Waals surface area contributed by atoms with Crippen molar-refractivity contribution in [2.24, 2.45) is 0 Å². The molecule has 4 aromatic rings. The number of nitrogens with zero attached hydrogens (tertiary/aromatic N) is 1. The summed E-state index contributed by atoms with van der Waals surface area (Å²) in [5.41, 5.74) is 7.83. The zero-order valence-electron chi connectivity index (χ0n) is 17.0. The minimum atomic E-state index is 0.935. The highest BCUT2D eigenvalue weighted by atomic mass is 15.0. The number of rotatable bonds is 5. The van der Waals surface area contributed by atoms with E-state index in [-0.39, 0.29) is 0 Å². The Bertz CT molecular complexity index is 1280. The van der Waals surface area contributed by atoms with Crippen LogP contribution in [0.15, 0.2) is 115 Å². The van der Waals surface area contributed by atoms with Crippen molar-refractivity contribution in [2.45, 2.75) is 13.8 Å². The second kappa shape index (κ2) is 7.81. The molecule has 1 heteroatoms. The van der Waals surface area contributed by atoms with Gasteiger partial charge in [-0.15, -0.1) is 0 Å². The summed E-state index contributed by atoms with van der Waals surface area (Å²) < 4.78 is 2.34. The van der Waals surface area contributed by atoms with Crippen LogP contribution in [0.25, 0.3) is 33.1 Å². The summed E-state index contributed by atoms with van der Waals surface area (Å²) in [6, 6.07) is 25.8. The molecule has 0 spiro atoms. The molecule has 4 rings (SSSR count). The molecule has 0 saturated heterocycles. The smallest absolute Gasteiger partial charge is 0.0547 e. The molecule has 1 nitrogen and oxygen atoms in total. The van der Waals surface area contributed by atoms with Crippen LogP contribution in [0.1, 0.15) is 19.4 Å². The average molecular weight is 376 g/mol. The normalized spacial score (nSPS) is 12.1. The first kappa shape index (κ1) is 18.8. The SMILES string of the molecule is C=C(/C=C\C)C(=C)/C=C(\C)c1ccc2c3ccccc3n(-c3ccccc3)c2c1. The third kappa shape index (κ3) is 3.48. The predicted octanol–water partition coefficient (Wildman–Crippen LogP) is 7.88. The maximum Gasteiger partial charge on any atom is 0.0547 e. The lowest BCUT2D eigenvalue weighted by Crippen LogP contribution is -1.93. The van der Waals surface area contributed by atoms with Gasteiger partial charge < -0.3 is 4.57 Å². The highest BCUT2D eigenvalue weighted by molar-refractivity contribution is 6.09. The van der Waals surface area contributed by atoms with Gasteiger partial charge in [0.2, 0.25) is 0 Å². The van der Waals surface area contributed by atoms with Gasteiger partial charge in [-0.1, -0.05) is 79.9 Å². The number of allylic oxidation sites excluding steroid dienone is 6. The standard InChI is InChI=1S/C28H25N/c1-5-11-20(2)21(3)18-22(4)23-16-17-26-25-14-9-10-15-27(25)29(28(26)19-23)24-12-7-6-8-13-24/h5-19H,2-3H2,1,4H3/b11-5-,22-18+. The van der Waals surface area contributed by atoms with Gasteiger partial charge in [-0.2, -0.15) is 0 Å². The minimum absolute atomic E-state index is 0.935. The number of para-hydroxylation sites is 2. The lowest BCUT2D eigenvalue weighted by atomic mass is 10.0. The molecule has 3 aromatic carbocycles. The van der Waals surface area contributed by atoms with Gasteiger partial charge >= 0.3 is 0 Å². The first-order valence-electron chi connectivity index (χ1n) is 9.88. The van der Waals surface area contributed by atoms with Crippen LogP contribution in [0.3, 0.4) is 0 Å². The third-order valence-electron chi connectivity index (χ3n) is 5.31. The van der Waals surface area contributed by atoms with Crippen LogP contribution in [0.2, 0.25) is 0 Å². The van der Waals surface area contributed by atoms with Crippen LogP contribution >= 0.6 is 0 Å². The fraction of sp³-hybridized carbons (Fsp3) is 0.0714. The van der Waals surface area contributed by atoms with Gasteiger partial charge in [0.15, 0.2) is 0 Å². The largest absolute Gasteiger partial charge is 0.309 e. The molecule has 1 heterocycles. The van der Waals surface area contributed by atoms with Crippen molar-refractivity contribution < 1.29 is 0 Å². The fourth-order valence-electron chi connectivity index (χ4n) is 3.82. The van der Waals surface area contributed by atoms with E-state index in [0.29, 0.717) is 0 Å². The monoisotopic (exact) mass is 375 g/mol. The van der Waals surface area contributed by atoms with E-state index in [2.05, 4.69) is 104 Å². The number of fused-ring (bicyclic) bond motifs is 3. The number of hydrogen-bond acceptors (Lipinski definition) is 0. The highest BCUT2D eigenvalue weighted by Gasteiger charge is 2.12. The van der Waals surface area contributed by atoms with Gasteiger partial charge in [0.1, 0.15) is 0 Å². The van der Waals surface area contributed by atoms with Crippen molar-refractivity contribution in [1.82, 2.24) is 4.57 Å². The topological polar surface area (TPSA) is 4.93 Å². The fourth-order valence-corrected chi connectivity index (χ4v) is 3.82. The molecule has 0 amide bonds. The van der Waals surface area contributed by atoms with Gasteiger partial charge in [-0.05, 0) is 60.4 Å². The molecule has 0 aliphatic carbocycles. The van der Waals surface area contributed by atoms with Crippen molar-refractivity contribution >= 4 is 27.4 Å². The molecule has 0 radical (unpaired) electrons. The lowest BCUT2D eigenvalue weighted by molar-refractivity contribution is 1.18. The Labute approximate surface area is 172 Å². The van der Waals surface area contributed by atoms with Gasteiger partial charge in [-0.3, -0.25) is 0 Å². The van der Waals surface area contributed by atoms with Gasteiger partial charge in [0, 0.05) is 16.5 Å². The molecule has 0 unspecified atom stereocenters. The predicted molar refractivity (Wildman–Crippen MR) is 128 cm³/mol. The van der Waals surface area contributed by atoms with Crippen molar-refractivity contribution in [2.75, 3.05) is 0 Å². The summed E-state index contributed by atoms with van der Waals surface area (Å²) in [6.07, 6.45) is 6.09. The summed E-state index contributed by atoms with van der Waals surface area (Å²) in [5.74, 6) is 0. The summed E-state index contributed by atoms with van der Waals surface area (Å²) in [4.78, 5) is 0. The number of benzene rings is 3. The molecule has 0 aliphatic heterocycles. The summed E-state index contributed by atoms with van der Waals surface area (Å²) in [5, 5.41) is 2.53. The second-order valence-corrected chi connectivity index (χ2v) is 7.30. The second-order valence-electron chi connectivity index (χ2n) is 7.30. The van der Waals surface area contributed by atoms with E-state index >= 15 is 0 Å². The Balaban J connectivity index is 1.91. The molecular formula is C28H25N. The zero-order chi connectivity index (χ0) is 20.4. The molecule has 29 heavy (non-hydrogen) atoms. The molecule has 0 bridgehead atoms. The lowest BCUT2D eigenvalue weighted by Gasteiger charge is -2.09. The van der Waals surface area contributed by atoms with E-state index in [1.54, 1.807) is 0 Å². The van der Waals surface area contributed by atoms with Crippen molar-refractivity contribution in [1.29, 1.82) is 0 Å². The van der Waals surface area contributed by atoms with E-state index in [9.17, 15) is 0 Å². The Morgan fingerprint density at radius 3 is 2.24 bits per heavy atom. The number of hydrogen-bond donors (Lipinski definition) is 0. The van der Waals surface area contributed by atoms with E-state index in [4.69, 9.17) is 0 Å². The molecule has 142 valence electrons. The van der Waals surface area contributed by atoms with E-state index in [1.807, 2.05) is 19.1 Å². The zero-order valence-corrected chi connectivity index (χ0v) is 17.0. The molecule has 0 fully saturated rings. The molecular weight excluding hydrogens is 350 g/mol. The highest BCUT2D eigenvalue weighted by Crippen LogP contribution is 2.33. The molecule has 0 atom stereocenters. The quantitative estimate of drug-likeness (QED) is 0.313. The maximum atomic E-state index is 4.17. The van der Waals surface area contributed by atoms with Crippen LogP contribution < -0.4 is 0 Å². The first-order chi connectivity index (χ1) is 14.1.